The fourth-order valence-electron chi connectivity index (χ4n) is 9.17. The summed E-state index contributed by atoms with van der Waals surface area (Å²) in [7, 11) is 0. The third kappa shape index (κ3) is 5.51. The van der Waals surface area contributed by atoms with Crippen LogP contribution < -0.4 is 4.90 Å². The number of hydrogen-bond donors (Lipinski definition) is 0. The Morgan fingerprint density at radius 2 is 0.947 bits per heavy atom. The summed E-state index contributed by atoms with van der Waals surface area (Å²) < 4.78 is 2.68. The maximum Gasteiger partial charge on any atom is 0.0473 e. The Labute approximate surface area is 337 Å². The van der Waals surface area contributed by atoms with Gasteiger partial charge in [-0.3, -0.25) is 0 Å². The molecule has 9 aromatic carbocycles. The third-order valence-corrected chi connectivity index (χ3v) is 13.3. The largest absolute Gasteiger partial charge is 0.310 e. The lowest BCUT2D eigenvalue weighted by Gasteiger charge is -2.28. The van der Waals surface area contributed by atoms with Crippen molar-refractivity contribution in [2.75, 3.05) is 4.90 Å². The fourth-order valence-corrected chi connectivity index (χ4v) is 10.5. The number of hydrogen-bond acceptors (Lipinski definition) is 2. The molecule has 0 N–H and O–H groups in total. The first-order chi connectivity index (χ1) is 28.0. The molecule has 11 rings (SSSR count). The lowest BCUT2D eigenvalue weighted by atomic mass is 9.82. The highest BCUT2D eigenvalue weighted by atomic mass is 32.1. The molecular weight excluding hydrogens is 707 g/mol. The number of nitrogens with zero attached hydrogens (tertiary/aromatic N) is 1. The van der Waals surface area contributed by atoms with Crippen LogP contribution in [0.1, 0.15) is 25.0 Å². The molecule has 0 spiro atoms. The standard InChI is InChI=1S/C55H39NS/c1-55(2)51-23-12-11-20-47(51)50-35-43(29-31-52(50)55)56(44-33-40(36-14-5-3-6-15-36)32-41(34-44)37-16-7-4-8-17-37)42-27-24-39(25-28-42)46-21-13-22-48-49-30-26-38-18-9-10-19-45(38)54(49)57-53(46)48/h3-35H,1-2H3. The van der Waals surface area contributed by atoms with Crippen LogP contribution in [-0.2, 0) is 5.41 Å². The minimum absolute atomic E-state index is 0.0649. The summed E-state index contributed by atoms with van der Waals surface area (Å²) in [6.07, 6.45) is 0. The van der Waals surface area contributed by atoms with Crippen molar-refractivity contribution in [1.82, 2.24) is 0 Å². The molecule has 0 saturated heterocycles. The van der Waals surface area contributed by atoms with E-state index >= 15 is 0 Å². The molecular formula is C55H39NS. The number of rotatable bonds is 6. The maximum atomic E-state index is 2.45. The van der Waals surface area contributed by atoms with Gasteiger partial charge >= 0.3 is 0 Å². The van der Waals surface area contributed by atoms with Gasteiger partial charge in [-0.2, -0.15) is 0 Å². The second kappa shape index (κ2) is 13.2. The highest BCUT2D eigenvalue weighted by molar-refractivity contribution is 7.27. The summed E-state index contributed by atoms with van der Waals surface area (Å²) >= 11 is 1.91. The summed E-state index contributed by atoms with van der Waals surface area (Å²) in [5, 5.41) is 5.25. The lowest BCUT2D eigenvalue weighted by Crippen LogP contribution is -2.15. The summed E-state index contributed by atoms with van der Waals surface area (Å²) in [5.41, 5.74) is 15.9. The average Bonchev–Trinajstić information content (AvgIpc) is 3.77. The van der Waals surface area contributed by atoms with Crippen LogP contribution in [0.25, 0.3) is 75.5 Å². The molecule has 1 nitrogen and oxygen atoms in total. The molecule has 270 valence electrons. The highest BCUT2D eigenvalue weighted by Gasteiger charge is 2.35. The maximum absolute atomic E-state index is 2.45. The average molecular weight is 746 g/mol. The molecule has 0 atom stereocenters. The topological polar surface area (TPSA) is 3.24 Å². The van der Waals surface area contributed by atoms with Crippen LogP contribution in [0.4, 0.5) is 17.1 Å². The van der Waals surface area contributed by atoms with Gasteiger partial charge < -0.3 is 4.90 Å². The summed E-state index contributed by atoms with van der Waals surface area (Å²) in [6.45, 7) is 4.70. The van der Waals surface area contributed by atoms with E-state index in [0.717, 1.165) is 17.1 Å². The molecule has 0 aliphatic heterocycles. The molecule has 0 bridgehead atoms. The summed E-state index contributed by atoms with van der Waals surface area (Å²) in [4.78, 5) is 2.45. The monoisotopic (exact) mass is 745 g/mol. The van der Waals surface area contributed by atoms with E-state index in [9.17, 15) is 0 Å². The van der Waals surface area contributed by atoms with Gasteiger partial charge in [-0.05, 0) is 109 Å². The zero-order chi connectivity index (χ0) is 38.1. The molecule has 1 aromatic heterocycles. The van der Waals surface area contributed by atoms with Gasteiger partial charge in [-0.25, -0.2) is 0 Å². The van der Waals surface area contributed by atoms with Gasteiger partial charge in [0.25, 0.3) is 0 Å². The van der Waals surface area contributed by atoms with E-state index in [1.54, 1.807) is 0 Å². The number of anilines is 3. The van der Waals surface area contributed by atoms with Crippen molar-refractivity contribution in [3.05, 3.63) is 211 Å². The van der Waals surface area contributed by atoms with E-state index in [1.165, 1.54) is 86.6 Å². The fraction of sp³-hybridized carbons (Fsp3) is 0.0545. The van der Waals surface area contributed by atoms with Gasteiger partial charge in [-0.1, -0.05) is 172 Å². The van der Waals surface area contributed by atoms with Crippen molar-refractivity contribution in [3.8, 4) is 44.5 Å². The zero-order valence-corrected chi connectivity index (χ0v) is 32.7. The molecule has 1 aliphatic rings. The van der Waals surface area contributed by atoms with E-state index in [4.69, 9.17) is 0 Å². The first-order valence-corrected chi connectivity index (χ1v) is 20.6. The van der Waals surface area contributed by atoms with Gasteiger partial charge in [0, 0.05) is 42.6 Å². The van der Waals surface area contributed by atoms with Crippen molar-refractivity contribution in [3.63, 3.8) is 0 Å². The van der Waals surface area contributed by atoms with E-state index in [2.05, 4.69) is 219 Å². The summed E-state index contributed by atoms with van der Waals surface area (Å²) in [6, 6.07) is 73.8. The third-order valence-electron chi connectivity index (χ3n) is 12.0. The second-order valence-electron chi connectivity index (χ2n) is 15.7. The Morgan fingerprint density at radius 1 is 0.351 bits per heavy atom. The Balaban J connectivity index is 1.10. The smallest absolute Gasteiger partial charge is 0.0473 e. The number of benzene rings is 9. The van der Waals surface area contributed by atoms with Crippen molar-refractivity contribution in [1.29, 1.82) is 0 Å². The predicted molar refractivity (Wildman–Crippen MR) is 245 cm³/mol. The van der Waals surface area contributed by atoms with Gasteiger partial charge in [0.1, 0.15) is 0 Å². The SMILES string of the molecule is CC1(C)c2ccccc2-c2cc(N(c3ccc(-c4cccc5c4sc4c6ccccc6ccc54)cc3)c3cc(-c4ccccc4)cc(-c4ccccc4)c3)ccc21. The Kier molecular flexibility index (Phi) is 7.77. The van der Waals surface area contributed by atoms with Crippen LogP contribution in [0.5, 0.6) is 0 Å². The first kappa shape index (κ1) is 33.6. The van der Waals surface area contributed by atoms with Crippen molar-refractivity contribution in [2.45, 2.75) is 19.3 Å². The van der Waals surface area contributed by atoms with Gasteiger partial charge in [0.15, 0.2) is 0 Å². The van der Waals surface area contributed by atoms with Crippen molar-refractivity contribution in [2.24, 2.45) is 0 Å². The molecule has 2 heteroatoms. The van der Waals surface area contributed by atoms with E-state index < -0.39 is 0 Å². The molecule has 0 amide bonds. The van der Waals surface area contributed by atoms with Gasteiger partial charge in [-0.15, -0.1) is 11.3 Å². The number of thiophene rings is 1. The molecule has 0 saturated carbocycles. The molecule has 1 aliphatic carbocycles. The Morgan fingerprint density at radius 3 is 1.70 bits per heavy atom. The summed E-state index contributed by atoms with van der Waals surface area (Å²) in [5.74, 6) is 0. The lowest BCUT2D eigenvalue weighted by molar-refractivity contribution is 0.660. The van der Waals surface area contributed by atoms with Crippen LogP contribution in [0.15, 0.2) is 200 Å². The highest BCUT2D eigenvalue weighted by Crippen LogP contribution is 2.51. The minimum atomic E-state index is -0.0649. The molecule has 10 aromatic rings. The van der Waals surface area contributed by atoms with Crippen molar-refractivity contribution < 1.29 is 0 Å². The zero-order valence-electron chi connectivity index (χ0n) is 31.9. The normalized spacial score (nSPS) is 12.9. The van der Waals surface area contributed by atoms with E-state index in [0.29, 0.717) is 0 Å². The van der Waals surface area contributed by atoms with E-state index in [1.807, 2.05) is 11.3 Å². The molecule has 0 unspecified atom stereocenters. The Bertz CT molecular complexity index is 3080. The van der Waals surface area contributed by atoms with Crippen molar-refractivity contribution >= 4 is 59.3 Å². The Hall–Kier alpha value is -6.74. The first-order valence-electron chi connectivity index (χ1n) is 19.8. The van der Waals surface area contributed by atoms with Gasteiger partial charge in [0.05, 0.1) is 0 Å². The van der Waals surface area contributed by atoms with E-state index in [-0.39, 0.29) is 5.41 Å². The number of fused-ring (bicyclic) bond motifs is 8. The molecule has 0 radical (unpaired) electrons. The van der Waals surface area contributed by atoms with Crippen LogP contribution in [-0.4, -0.2) is 0 Å². The molecule has 57 heavy (non-hydrogen) atoms. The molecule has 0 fully saturated rings. The minimum Gasteiger partial charge on any atom is -0.310 e. The quantitative estimate of drug-likeness (QED) is 0.164. The second-order valence-corrected chi connectivity index (χ2v) is 16.8. The predicted octanol–water partition coefficient (Wildman–Crippen LogP) is 16.0. The molecule has 1 heterocycles. The van der Waals surface area contributed by atoms with Crippen LogP contribution in [0.3, 0.4) is 0 Å². The van der Waals surface area contributed by atoms with Crippen LogP contribution in [0.2, 0.25) is 0 Å². The van der Waals surface area contributed by atoms with Gasteiger partial charge in [0.2, 0.25) is 0 Å². The van der Waals surface area contributed by atoms with Crippen LogP contribution in [0, 0.1) is 0 Å². The van der Waals surface area contributed by atoms with Crippen LogP contribution >= 0.6 is 11.3 Å².